The lowest BCUT2D eigenvalue weighted by Crippen LogP contribution is -2.36. The van der Waals surface area contributed by atoms with Gasteiger partial charge in [0.05, 0.1) is 37.0 Å². The highest BCUT2D eigenvalue weighted by molar-refractivity contribution is 6.04. The third-order valence-electron chi connectivity index (χ3n) is 6.30. The zero-order valence-electron chi connectivity index (χ0n) is 21.0. The summed E-state index contributed by atoms with van der Waals surface area (Å²) in [7, 11) is 1.50. The molecule has 2 heterocycles. The predicted octanol–water partition coefficient (Wildman–Crippen LogP) is 4.29. The highest BCUT2D eigenvalue weighted by Crippen LogP contribution is 2.22. The van der Waals surface area contributed by atoms with Crippen LogP contribution in [0.3, 0.4) is 0 Å². The minimum Gasteiger partial charge on any atom is -0.378 e. The first-order valence-electron chi connectivity index (χ1n) is 12.4. The lowest BCUT2D eigenvalue weighted by atomic mass is 10.1. The van der Waals surface area contributed by atoms with Gasteiger partial charge < -0.3 is 25.0 Å². The summed E-state index contributed by atoms with van der Waals surface area (Å²) in [6, 6.07) is 24.2. The molecule has 1 unspecified atom stereocenters. The van der Waals surface area contributed by atoms with Gasteiger partial charge in [0.1, 0.15) is 0 Å². The number of anilines is 3. The average molecular weight is 512 g/mol. The standard InChI is InChI=1S/C29H29N5O4/c1-37-27(21-6-3-2-4-7-21)29(36)32-24-19-30-34(20-24)26-9-5-8-22(18-26)28(35)31-23-10-12-25(13-11-23)33-14-16-38-17-15-33/h2-13,18-20,27H,14-17H2,1H3,(H,31,35)(H,32,36). The predicted molar refractivity (Wildman–Crippen MR) is 146 cm³/mol. The second kappa shape index (κ2) is 11.7. The zero-order valence-corrected chi connectivity index (χ0v) is 21.0. The van der Waals surface area contributed by atoms with E-state index in [2.05, 4.69) is 20.6 Å². The minimum atomic E-state index is -0.741. The summed E-state index contributed by atoms with van der Waals surface area (Å²) in [5.74, 6) is -0.525. The Bertz CT molecular complexity index is 1380. The van der Waals surface area contributed by atoms with Gasteiger partial charge in [0.2, 0.25) is 0 Å². The van der Waals surface area contributed by atoms with E-state index in [0.29, 0.717) is 22.6 Å². The Kier molecular flexibility index (Phi) is 7.77. The van der Waals surface area contributed by atoms with Gasteiger partial charge in [-0.05, 0) is 48.0 Å². The van der Waals surface area contributed by atoms with Crippen molar-refractivity contribution in [1.29, 1.82) is 0 Å². The average Bonchev–Trinajstić information content (AvgIpc) is 3.43. The van der Waals surface area contributed by atoms with Crippen molar-refractivity contribution in [2.75, 3.05) is 48.9 Å². The van der Waals surface area contributed by atoms with Gasteiger partial charge in [-0.15, -0.1) is 0 Å². The van der Waals surface area contributed by atoms with Gasteiger partial charge in [0.15, 0.2) is 6.10 Å². The summed E-state index contributed by atoms with van der Waals surface area (Å²) in [5, 5.41) is 10.1. The number of amides is 2. The number of carbonyl (C=O) groups excluding carboxylic acids is 2. The van der Waals surface area contributed by atoms with Gasteiger partial charge in [-0.3, -0.25) is 9.59 Å². The van der Waals surface area contributed by atoms with Crippen LogP contribution in [0.15, 0.2) is 91.3 Å². The molecule has 0 saturated carbocycles. The smallest absolute Gasteiger partial charge is 0.258 e. The zero-order chi connectivity index (χ0) is 26.3. The number of hydrogen-bond donors (Lipinski definition) is 2. The van der Waals surface area contributed by atoms with E-state index in [4.69, 9.17) is 9.47 Å². The Morgan fingerprint density at radius 2 is 1.66 bits per heavy atom. The van der Waals surface area contributed by atoms with Crippen molar-refractivity contribution in [2.45, 2.75) is 6.10 Å². The van der Waals surface area contributed by atoms with Crippen LogP contribution in [0, 0.1) is 0 Å². The fourth-order valence-corrected chi connectivity index (χ4v) is 4.33. The van der Waals surface area contributed by atoms with Crippen molar-refractivity contribution in [3.63, 3.8) is 0 Å². The van der Waals surface area contributed by atoms with Crippen molar-refractivity contribution in [1.82, 2.24) is 9.78 Å². The maximum absolute atomic E-state index is 12.9. The van der Waals surface area contributed by atoms with Crippen LogP contribution in [-0.4, -0.2) is 55.0 Å². The van der Waals surface area contributed by atoms with Gasteiger partial charge in [-0.2, -0.15) is 5.10 Å². The number of hydrogen-bond acceptors (Lipinski definition) is 6. The maximum atomic E-state index is 12.9. The summed E-state index contributed by atoms with van der Waals surface area (Å²) in [4.78, 5) is 28.0. The molecule has 1 aliphatic rings. The van der Waals surface area contributed by atoms with Gasteiger partial charge in [-0.1, -0.05) is 36.4 Å². The number of nitrogens with zero attached hydrogens (tertiary/aromatic N) is 3. The molecule has 0 radical (unpaired) electrons. The molecule has 2 amide bonds. The molecule has 1 aliphatic heterocycles. The number of nitrogens with one attached hydrogen (secondary N) is 2. The highest BCUT2D eigenvalue weighted by atomic mass is 16.5. The van der Waals surface area contributed by atoms with E-state index in [0.717, 1.165) is 37.6 Å². The fourth-order valence-electron chi connectivity index (χ4n) is 4.33. The first kappa shape index (κ1) is 25.2. The van der Waals surface area contributed by atoms with Crippen molar-refractivity contribution in [2.24, 2.45) is 0 Å². The molecule has 2 N–H and O–H groups in total. The van der Waals surface area contributed by atoms with E-state index in [9.17, 15) is 9.59 Å². The first-order chi connectivity index (χ1) is 18.6. The van der Waals surface area contributed by atoms with Gasteiger partial charge in [-0.25, -0.2) is 4.68 Å². The summed E-state index contributed by atoms with van der Waals surface area (Å²) < 4.78 is 12.4. The van der Waals surface area contributed by atoms with E-state index < -0.39 is 6.10 Å². The topological polar surface area (TPSA) is 97.7 Å². The third kappa shape index (κ3) is 5.91. The monoisotopic (exact) mass is 511 g/mol. The molecule has 0 spiro atoms. The third-order valence-corrected chi connectivity index (χ3v) is 6.30. The van der Waals surface area contributed by atoms with Crippen LogP contribution in [0.4, 0.5) is 17.1 Å². The Morgan fingerprint density at radius 3 is 2.39 bits per heavy atom. The number of methoxy groups -OCH3 is 1. The molecule has 3 aromatic carbocycles. The Hall–Kier alpha value is -4.47. The molecule has 5 rings (SSSR count). The molecule has 1 aromatic heterocycles. The van der Waals surface area contributed by atoms with Crippen molar-refractivity contribution in [3.05, 3.63) is 102 Å². The Labute approximate surface area is 221 Å². The van der Waals surface area contributed by atoms with Crippen LogP contribution in [0.5, 0.6) is 0 Å². The number of benzene rings is 3. The van der Waals surface area contributed by atoms with E-state index >= 15 is 0 Å². The van der Waals surface area contributed by atoms with Crippen molar-refractivity contribution in [3.8, 4) is 5.69 Å². The summed E-state index contributed by atoms with van der Waals surface area (Å²) in [6.07, 6.45) is 2.50. The minimum absolute atomic E-state index is 0.225. The van der Waals surface area contributed by atoms with E-state index in [-0.39, 0.29) is 11.8 Å². The van der Waals surface area contributed by atoms with Crippen molar-refractivity contribution < 1.29 is 19.1 Å². The number of aromatic nitrogens is 2. The molecule has 9 nitrogen and oxygen atoms in total. The Balaban J connectivity index is 1.23. The SMILES string of the molecule is COC(C(=O)Nc1cnn(-c2cccc(C(=O)Nc3ccc(N4CCOCC4)cc3)c2)c1)c1ccccc1. The molecule has 9 heteroatoms. The summed E-state index contributed by atoms with van der Waals surface area (Å²) in [5.41, 5.74) is 4.28. The lowest BCUT2D eigenvalue weighted by Gasteiger charge is -2.28. The fraction of sp³-hybridized carbons (Fsp3) is 0.207. The second-order valence-electron chi connectivity index (χ2n) is 8.84. The second-order valence-corrected chi connectivity index (χ2v) is 8.84. The van der Waals surface area contributed by atoms with Gasteiger partial charge >= 0.3 is 0 Å². The van der Waals surface area contributed by atoms with Crippen LogP contribution in [0.25, 0.3) is 5.69 Å². The molecule has 0 aliphatic carbocycles. The summed E-state index contributed by atoms with van der Waals surface area (Å²) in [6.45, 7) is 3.16. The molecule has 38 heavy (non-hydrogen) atoms. The van der Waals surface area contributed by atoms with Crippen LogP contribution < -0.4 is 15.5 Å². The largest absolute Gasteiger partial charge is 0.378 e. The van der Waals surface area contributed by atoms with Crippen molar-refractivity contribution >= 4 is 28.9 Å². The van der Waals surface area contributed by atoms with Crippen LogP contribution in [-0.2, 0) is 14.3 Å². The highest BCUT2D eigenvalue weighted by Gasteiger charge is 2.20. The molecule has 1 atom stereocenters. The molecular formula is C29H29N5O4. The quantitative estimate of drug-likeness (QED) is 0.366. The van der Waals surface area contributed by atoms with Gasteiger partial charge in [0, 0.05) is 37.1 Å². The number of morpholine rings is 1. The molecule has 4 aromatic rings. The number of ether oxygens (including phenoxy) is 2. The van der Waals surface area contributed by atoms with Crippen LogP contribution >= 0.6 is 0 Å². The van der Waals surface area contributed by atoms with E-state index in [1.165, 1.54) is 7.11 Å². The van der Waals surface area contributed by atoms with Gasteiger partial charge in [0.25, 0.3) is 11.8 Å². The Morgan fingerprint density at radius 1 is 0.895 bits per heavy atom. The molecule has 0 bridgehead atoms. The van der Waals surface area contributed by atoms with Crippen LogP contribution in [0.1, 0.15) is 22.0 Å². The summed E-state index contributed by atoms with van der Waals surface area (Å²) >= 11 is 0. The first-order valence-corrected chi connectivity index (χ1v) is 12.4. The lowest BCUT2D eigenvalue weighted by molar-refractivity contribution is -0.126. The molecular weight excluding hydrogens is 482 g/mol. The van der Waals surface area contributed by atoms with E-state index in [1.54, 1.807) is 35.3 Å². The normalized spacial score (nSPS) is 14.1. The molecule has 194 valence electrons. The number of rotatable bonds is 8. The maximum Gasteiger partial charge on any atom is 0.258 e. The molecule has 1 fully saturated rings. The molecule has 1 saturated heterocycles. The number of carbonyl (C=O) groups is 2. The van der Waals surface area contributed by atoms with E-state index in [1.807, 2.05) is 60.7 Å². The van der Waals surface area contributed by atoms with Crippen LogP contribution in [0.2, 0.25) is 0 Å².